The van der Waals surface area contributed by atoms with Crippen molar-refractivity contribution in [3.8, 4) is 0 Å². The van der Waals surface area contributed by atoms with Crippen LogP contribution in [0.15, 0.2) is 52.0 Å². The van der Waals surface area contributed by atoms with Gasteiger partial charge >= 0.3 is 5.97 Å². The first-order chi connectivity index (χ1) is 12.7. The molecule has 0 bridgehead atoms. The van der Waals surface area contributed by atoms with Gasteiger partial charge in [-0.15, -0.1) is 0 Å². The van der Waals surface area contributed by atoms with Crippen molar-refractivity contribution in [2.24, 2.45) is 11.8 Å². The largest absolute Gasteiger partial charge is 0.481 e. The van der Waals surface area contributed by atoms with Gasteiger partial charge in [0.05, 0.1) is 22.8 Å². The molecular weight excluding hydrogens is 370 g/mol. The van der Waals surface area contributed by atoms with Gasteiger partial charge in [0, 0.05) is 12.1 Å². The first-order valence-corrected chi connectivity index (χ1v) is 10.2. The van der Waals surface area contributed by atoms with E-state index in [-0.39, 0.29) is 34.4 Å². The number of benzene rings is 1. The monoisotopic (exact) mass is 393 g/mol. The second kappa shape index (κ2) is 8.85. The number of aliphatic carboxylic acids is 1. The van der Waals surface area contributed by atoms with E-state index in [0.29, 0.717) is 6.42 Å². The number of furan rings is 1. The minimum Gasteiger partial charge on any atom is -0.481 e. The third kappa shape index (κ3) is 5.68. The maximum Gasteiger partial charge on any atom is 0.308 e. The zero-order valence-electron chi connectivity index (χ0n) is 15.2. The molecular formula is C19H23NO6S. The predicted molar refractivity (Wildman–Crippen MR) is 99.0 cm³/mol. The van der Waals surface area contributed by atoms with Crippen LogP contribution in [-0.2, 0) is 20.4 Å². The summed E-state index contributed by atoms with van der Waals surface area (Å²) in [4.78, 5) is 23.8. The average Bonchev–Trinajstić information content (AvgIpc) is 3.06. The number of carboxylic acids is 1. The highest BCUT2D eigenvalue weighted by Crippen LogP contribution is 2.20. The van der Waals surface area contributed by atoms with Gasteiger partial charge in [-0.3, -0.25) is 9.59 Å². The van der Waals surface area contributed by atoms with E-state index >= 15 is 0 Å². The van der Waals surface area contributed by atoms with E-state index in [1.807, 2.05) is 13.8 Å². The van der Waals surface area contributed by atoms with Gasteiger partial charge in [-0.25, -0.2) is 8.42 Å². The second-order valence-corrected chi connectivity index (χ2v) is 8.71. The first kappa shape index (κ1) is 20.7. The van der Waals surface area contributed by atoms with Crippen LogP contribution in [0.4, 0.5) is 0 Å². The van der Waals surface area contributed by atoms with Crippen LogP contribution >= 0.6 is 0 Å². The zero-order chi connectivity index (χ0) is 20.0. The van der Waals surface area contributed by atoms with Gasteiger partial charge < -0.3 is 14.8 Å². The molecule has 1 aromatic heterocycles. The number of carbonyl (C=O) groups is 2. The number of amides is 1. The minimum absolute atomic E-state index is 0.0576. The lowest BCUT2D eigenvalue weighted by Crippen LogP contribution is -2.34. The van der Waals surface area contributed by atoms with Crippen LogP contribution in [0.25, 0.3) is 0 Å². The van der Waals surface area contributed by atoms with E-state index < -0.39 is 27.6 Å². The SMILES string of the molecule is CC(C)CC(CNC(=O)c1occc1CS(=O)(=O)c1ccccc1)C(=O)O. The van der Waals surface area contributed by atoms with E-state index in [1.54, 1.807) is 18.2 Å². The second-order valence-electron chi connectivity index (χ2n) is 6.72. The molecule has 0 radical (unpaired) electrons. The molecule has 0 spiro atoms. The molecule has 1 unspecified atom stereocenters. The van der Waals surface area contributed by atoms with Gasteiger partial charge in [0.2, 0.25) is 0 Å². The highest BCUT2D eigenvalue weighted by atomic mass is 32.2. The number of carboxylic acid groups (broad SMARTS) is 1. The maximum absolute atomic E-state index is 12.5. The molecule has 27 heavy (non-hydrogen) atoms. The van der Waals surface area contributed by atoms with Crippen LogP contribution in [0, 0.1) is 11.8 Å². The molecule has 1 atom stereocenters. The van der Waals surface area contributed by atoms with Gasteiger partial charge in [0.15, 0.2) is 15.6 Å². The van der Waals surface area contributed by atoms with Gasteiger partial charge in [-0.05, 0) is 30.5 Å². The minimum atomic E-state index is -3.63. The van der Waals surface area contributed by atoms with Crippen LogP contribution in [0.1, 0.15) is 36.4 Å². The summed E-state index contributed by atoms with van der Waals surface area (Å²) in [6, 6.07) is 9.36. The lowest BCUT2D eigenvalue weighted by Gasteiger charge is -2.15. The summed E-state index contributed by atoms with van der Waals surface area (Å²) >= 11 is 0. The Morgan fingerprint density at radius 1 is 1.15 bits per heavy atom. The highest BCUT2D eigenvalue weighted by Gasteiger charge is 2.24. The van der Waals surface area contributed by atoms with Crippen molar-refractivity contribution in [1.29, 1.82) is 0 Å². The van der Waals surface area contributed by atoms with Crippen molar-refractivity contribution in [2.75, 3.05) is 6.54 Å². The smallest absolute Gasteiger partial charge is 0.308 e. The fourth-order valence-electron chi connectivity index (χ4n) is 2.70. The topological polar surface area (TPSA) is 114 Å². The Morgan fingerprint density at radius 2 is 1.81 bits per heavy atom. The van der Waals surface area contributed by atoms with E-state index in [2.05, 4.69) is 5.32 Å². The molecule has 2 rings (SSSR count). The molecule has 2 aromatic rings. The Kier molecular flexibility index (Phi) is 6.79. The van der Waals surface area contributed by atoms with Crippen molar-refractivity contribution in [3.05, 3.63) is 54.0 Å². The van der Waals surface area contributed by atoms with Crippen molar-refractivity contribution < 1.29 is 27.5 Å². The summed E-state index contributed by atoms with van der Waals surface area (Å²) in [5.74, 6) is -2.68. The van der Waals surface area contributed by atoms with E-state index in [4.69, 9.17) is 4.42 Å². The van der Waals surface area contributed by atoms with Gasteiger partial charge in [-0.1, -0.05) is 32.0 Å². The Bertz CT molecular complexity index is 886. The number of nitrogens with one attached hydrogen (secondary N) is 1. The zero-order valence-corrected chi connectivity index (χ0v) is 16.0. The Balaban J connectivity index is 2.09. The fraction of sp³-hybridized carbons (Fsp3) is 0.368. The molecule has 1 aromatic carbocycles. The molecule has 0 fully saturated rings. The molecule has 0 aliphatic carbocycles. The number of hydrogen-bond donors (Lipinski definition) is 2. The highest BCUT2D eigenvalue weighted by molar-refractivity contribution is 7.90. The lowest BCUT2D eigenvalue weighted by atomic mass is 9.97. The Hall–Kier alpha value is -2.61. The van der Waals surface area contributed by atoms with Gasteiger partial charge in [0.1, 0.15) is 0 Å². The molecule has 1 amide bonds. The molecule has 7 nitrogen and oxygen atoms in total. The van der Waals surface area contributed by atoms with Crippen LogP contribution in [0.2, 0.25) is 0 Å². The number of carbonyl (C=O) groups excluding carboxylic acids is 1. The summed E-state index contributed by atoms with van der Waals surface area (Å²) in [6.45, 7) is 3.74. The quantitative estimate of drug-likeness (QED) is 0.677. The van der Waals surface area contributed by atoms with E-state index in [9.17, 15) is 23.1 Å². The summed E-state index contributed by atoms with van der Waals surface area (Å²) < 4.78 is 30.2. The molecule has 0 saturated carbocycles. The predicted octanol–water partition coefficient (Wildman–Crippen LogP) is 2.73. The summed E-state index contributed by atoms with van der Waals surface area (Å²) in [5.41, 5.74) is 0.229. The van der Waals surface area contributed by atoms with Crippen LogP contribution in [-0.4, -0.2) is 31.9 Å². The van der Waals surface area contributed by atoms with Gasteiger partial charge in [-0.2, -0.15) is 0 Å². The molecule has 146 valence electrons. The summed E-state index contributed by atoms with van der Waals surface area (Å²) in [6.07, 6.45) is 1.66. The molecule has 0 aliphatic rings. The third-order valence-corrected chi connectivity index (χ3v) is 5.70. The normalized spacial score (nSPS) is 12.7. The van der Waals surface area contributed by atoms with Crippen LogP contribution in [0.5, 0.6) is 0 Å². The molecule has 8 heteroatoms. The van der Waals surface area contributed by atoms with Crippen molar-refractivity contribution in [1.82, 2.24) is 5.32 Å². The fourth-order valence-corrected chi connectivity index (χ4v) is 4.08. The number of sulfone groups is 1. The third-order valence-electron chi connectivity index (χ3n) is 4.02. The average molecular weight is 393 g/mol. The standard InChI is InChI=1S/C19H23NO6S/c1-13(2)10-15(19(22)23)11-20-18(21)17-14(8-9-26-17)12-27(24,25)16-6-4-3-5-7-16/h3-9,13,15H,10-12H2,1-2H3,(H,20,21)(H,22,23). The molecule has 2 N–H and O–H groups in total. The number of rotatable bonds is 9. The first-order valence-electron chi connectivity index (χ1n) is 8.56. The summed E-state index contributed by atoms with van der Waals surface area (Å²) in [7, 11) is -3.63. The van der Waals surface area contributed by atoms with Crippen LogP contribution in [0.3, 0.4) is 0 Å². The summed E-state index contributed by atoms with van der Waals surface area (Å²) in [5, 5.41) is 11.8. The van der Waals surface area contributed by atoms with Crippen LogP contribution < -0.4 is 5.32 Å². The lowest BCUT2D eigenvalue weighted by molar-refractivity contribution is -0.142. The molecule has 0 saturated heterocycles. The Labute approximate surface area is 158 Å². The van der Waals surface area contributed by atoms with E-state index in [0.717, 1.165) is 0 Å². The van der Waals surface area contributed by atoms with Crippen molar-refractivity contribution in [3.63, 3.8) is 0 Å². The van der Waals surface area contributed by atoms with E-state index in [1.165, 1.54) is 24.5 Å². The molecule has 0 aliphatic heterocycles. The Morgan fingerprint density at radius 3 is 2.41 bits per heavy atom. The van der Waals surface area contributed by atoms with Crippen molar-refractivity contribution >= 4 is 21.7 Å². The number of hydrogen-bond acceptors (Lipinski definition) is 5. The maximum atomic E-state index is 12.5. The van der Waals surface area contributed by atoms with Crippen molar-refractivity contribution in [2.45, 2.75) is 30.9 Å². The molecule has 1 heterocycles. The van der Waals surface area contributed by atoms with Gasteiger partial charge in [0.25, 0.3) is 5.91 Å².